The van der Waals surface area contributed by atoms with Crippen LogP contribution < -0.4 is 5.32 Å². The highest BCUT2D eigenvalue weighted by atomic mass is 32.2. The second-order valence-electron chi connectivity index (χ2n) is 4.23. The van der Waals surface area contributed by atoms with E-state index >= 15 is 0 Å². The van der Waals surface area contributed by atoms with Gasteiger partial charge in [-0.25, -0.2) is 13.4 Å². The molecule has 1 rings (SSSR count). The fourth-order valence-corrected chi connectivity index (χ4v) is 3.77. The molecule has 0 bridgehead atoms. The Hall–Kier alpha value is -0.790. The molecule has 0 fully saturated rings. The Kier molecular flexibility index (Phi) is 6.09. The van der Waals surface area contributed by atoms with E-state index in [1.165, 1.54) is 16.6 Å². The van der Waals surface area contributed by atoms with Gasteiger partial charge in [-0.2, -0.15) is 16.1 Å². The number of hydrogen-bond donors (Lipinski definition) is 1. The van der Waals surface area contributed by atoms with Gasteiger partial charge in [0.15, 0.2) is 0 Å². The average molecular weight is 303 g/mol. The lowest BCUT2D eigenvalue weighted by atomic mass is 10.4. The molecule has 0 saturated heterocycles. The van der Waals surface area contributed by atoms with Crippen LogP contribution >= 0.6 is 11.8 Å². The Morgan fingerprint density at radius 1 is 1.53 bits per heavy atom. The summed E-state index contributed by atoms with van der Waals surface area (Å²) < 4.78 is 26.3. The Labute approximate surface area is 119 Å². The molecule has 7 heteroatoms. The third-order valence-corrected chi connectivity index (χ3v) is 5.58. The molecule has 19 heavy (non-hydrogen) atoms. The van der Waals surface area contributed by atoms with Gasteiger partial charge in [-0.3, -0.25) is 0 Å². The minimum absolute atomic E-state index is 0.0456. The van der Waals surface area contributed by atoms with Crippen molar-refractivity contribution in [1.29, 1.82) is 0 Å². The molecule has 0 aliphatic heterocycles. The van der Waals surface area contributed by atoms with Crippen molar-refractivity contribution >= 4 is 27.6 Å². The molecule has 0 amide bonds. The molecule has 1 aromatic heterocycles. The molecule has 1 N–H and O–H groups in total. The SMILES string of the molecule is CCNc1cc(S(=O)(=O)N(C)C(C)CSC)ccn1. The minimum Gasteiger partial charge on any atom is -0.370 e. The molecule has 1 atom stereocenters. The van der Waals surface area contributed by atoms with Gasteiger partial charge in [-0.05, 0) is 26.2 Å². The van der Waals surface area contributed by atoms with Gasteiger partial charge in [-0.15, -0.1) is 0 Å². The van der Waals surface area contributed by atoms with Crippen molar-refractivity contribution < 1.29 is 8.42 Å². The molecule has 1 unspecified atom stereocenters. The number of rotatable bonds is 7. The van der Waals surface area contributed by atoms with Crippen molar-refractivity contribution in [3.63, 3.8) is 0 Å². The Morgan fingerprint density at radius 3 is 2.79 bits per heavy atom. The first-order valence-electron chi connectivity index (χ1n) is 6.10. The maximum atomic E-state index is 12.5. The molecule has 1 aromatic rings. The fourth-order valence-electron chi connectivity index (χ4n) is 1.60. The van der Waals surface area contributed by atoms with Crippen LogP contribution in [0.2, 0.25) is 0 Å². The highest BCUT2D eigenvalue weighted by Crippen LogP contribution is 2.19. The van der Waals surface area contributed by atoms with E-state index in [-0.39, 0.29) is 10.9 Å². The van der Waals surface area contributed by atoms with E-state index in [1.54, 1.807) is 24.9 Å². The maximum absolute atomic E-state index is 12.5. The molecular formula is C12H21N3O2S2. The van der Waals surface area contributed by atoms with Crippen LogP contribution in [0.5, 0.6) is 0 Å². The maximum Gasteiger partial charge on any atom is 0.243 e. The van der Waals surface area contributed by atoms with Gasteiger partial charge in [-0.1, -0.05) is 0 Å². The number of sulfonamides is 1. The molecular weight excluding hydrogens is 282 g/mol. The molecule has 0 aromatic carbocycles. The highest BCUT2D eigenvalue weighted by molar-refractivity contribution is 7.98. The summed E-state index contributed by atoms with van der Waals surface area (Å²) in [6, 6.07) is 3.05. The number of thioether (sulfide) groups is 1. The number of pyridine rings is 1. The predicted octanol–water partition coefficient (Wildman–Crippen LogP) is 1.89. The van der Waals surface area contributed by atoms with Crippen molar-refractivity contribution in [1.82, 2.24) is 9.29 Å². The number of nitrogens with zero attached hydrogens (tertiary/aromatic N) is 2. The van der Waals surface area contributed by atoms with Crippen LogP contribution in [-0.4, -0.2) is 49.3 Å². The molecule has 0 aliphatic rings. The van der Waals surface area contributed by atoms with Gasteiger partial charge in [0, 0.05) is 37.7 Å². The number of hydrogen-bond acceptors (Lipinski definition) is 5. The lowest BCUT2D eigenvalue weighted by Gasteiger charge is -2.23. The zero-order valence-electron chi connectivity index (χ0n) is 11.8. The normalized spacial score (nSPS) is 13.5. The molecule has 0 spiro atoms. The van der Waals surface area contributed by atoms with Gasteiger partial charge >= 0.3 is 0 Å². The van der Waals surface area contributed by atoms with E-state index in [0.29, 0.717) is 12.4 Å². The monoisotopic (exact) mass is 303 g/mol. The van der Waals surface area contributed by atoms with Crippen molar-refractivity contribution in [2.24, 2.45) is 0 Å². The fraction of sp³-hybridized carbons (Fsp3) is 0.583. The third-order valence-electron chi connectivity index (χ3n) is 2.79. The summed E-state index contributed by atoms with van der Waals surface area (Å²) in [4.78, 5) is 4.36. The van der Waals surface area contributed by atoms with Crippen molar-refractivity contribution in [2.75, 3.05) is 30.9 Å². The summed E-state index contributed by atoms with van der Waals surface area (Å²) in [5.41, 5.74) is 0. The summed E-state index contributed by atoms with van der Waals surface area (Å²) in [6.07, 6.45) is 3.48. The van der Waals surface area contributed by atoms with Gasteiger partial charge in [0.1, 0.15) is 5.82 Å². The Balaban J connectivity index is 3.02. The molecule has 0 aliphatic carbocycles. The van der Waals surface area contributed by atoms with Crippen LogP contribution in [-0.2, 0) is 10.0 Å². The molecule has 0 saturated carbocycles. The van der Waals surface area contributed by atoms with Crippen LogP contribution in [0.3, 0.4) is 0 Å². The van der Waals surface area contributed by atoms with Crippen molar-refractivity contribution in [3.05, 3.63) is 18.3 Å². The van der Waals surface area contributed by atoms with E-state index < -0.39 is 10.0 Å². The van der Waals surface area contributed by atoms with Crippen LogP contribution in [0, 0.1) is 0 Å². The van der Waals surface area contributed by atoms with Gasteiger partial charge in [0.2, 0.25) is 10.0 Å². The van der Waals surface area contributed by atoms with E-state index in [0.717, 1.165) is 5.75 Å². The first-order valence-corrected chi connectivity index (χ1v) is 8.93. The Morgan fingerprint density at radius 2 is 2.21 bits per heavy atom. The molecule has 1 heterocycles. The zero-order valence-corrected chi connectivity index (χ0v) is 13.4. The second kappa shape index (κ2) is 7.12. The van der Waals surface area contributed by atoms with E-state index in [2.05, 4.69) is 10.3 Å². The smallest absolute Gasteiger partial charge is 0.243 e. The number of aromatic nitrogens is 1. The second-order valence-corrected chi connectivity index (χ2v) is 7.14. The van der Waals surface area contributed by atoms with Crippen molar-refractivity contribution in [2.45, 2.75) is 24.8 Å². The summed E-state index contributed by atoms with van der Waals surface area (Å²) >= 11 is 1.63. The van der Waals surface area contributed by atoms with Crippen LogP contribution in [0.15, 0.2) is 23.2 Å². The first-order chi connectivity index (χ1) is 8.93. The predicted molar refractivity (Wildman–Crippen MR) is 81.2 cm³/mol. The molecule has 108 valence electrons. The van der Waals surface area contributed by atoms with E-state index in [1.807, 2.05) is 20.1 Å². The highest BCUT2D eigenvalue weighted by Gasteiger charge is 2.25. The van der Waals surface area contributed by atoms with Gasteiger partial charge < -0.3 is 5.32 Å². The van der Waals surface area contributed by atoms with Crippen LogP contribution in [0.25, 0.3) is 0 Å². The summed E-state index contributed by atoms with van der Waals surface area (Å²) in [7, 11) is -1.85. The van der Waals surface area contributed by atoms with Crippen LogP contribution in [0.1, 0.15) is 13.8 Å². The van der Waals surface area contributed by atoms with Crippen molar-refractivity contribution in [3.8, 4) is 0 Å². The largest absolute Gasteiger partial charge is 0.370 e. The topological polar surface area (TPSA) is 62.3 Å². The molecule has 0 radical (unpaired) electrons. The Bertz CT molecular complexity index is 505. The van der Waals surface area contributed by atoms with Crippen LogP contribution in [0.4, 0.5) is 5.82 Å². The third kappa shape index (κ3) is 4.09. The number of nitrogens with one attached hydrogen (secondary N) is 1. The van der Waals surface area contributed by atoms with E-state index in [4.69, 9.17) is 0 Å². The minimum atomic E-state index is -3.46. The quantitative estimate of drug-likeness (QED) is 0.833. The van der Waals surface area contributed by atoms with E-state index in [9.17, 15) is 8.42 Å². The number of anilines is 1. The standard InChI is InChI=1S/C12H21N3O2S2/c1-5-13-12-8-11(6-7-14-12)19(16,17)15(3)10(2)9-18-4/h6-8,10H,5,9H2,1-4H3,(H,13,14). The lowest BCUT2D eigenvalue weighted by Crippen LogP contribution is -2.36. The summed E-state index contributed by atoms with van der Waals surface area (Å²) in [6.45, 7) is 4.55. The summed E-state index contributed by atoms with van der Waals surface area (Å²) in [5.74, 6) is 1.34. The first kappa shape index (κ1) is 16.3. The zero-order chi connectivity index (χ0) is 14.5. The average Bonchev–Trinajstić information content (AvgIpc) is 2.39. The summed E-state index contributed by atoms with van der Waals surface area (Å²) in [5, 5.41) is 3.02. The van der Waals surface area contributed by atoms with Gasteiger partial charge in [0.05, 0.1) is 4.90 Å². The van der Waals surface area contributed by atoms with Gasteiger partial charge in [0.25, 0.3) is 0 Å². The lowest BCUT2D eigenvalue weighted by molar-refractivity contribution is 0.415. The molecule has 5 nitrogen and oxygen atoms in total.